The predicted molar refractivity (Wildman–Crippen MR) is 91.2 cm³/mol. The first-order valence-corrected chi connectivity index (χ1v) is 7.74. The van der Waals surface area contributed by atoms with Crippen molar-refractivity contribution in [2.75, 3.05) is 31.9 Å². The van der Waals surface area contributed by atoms with Gasteiger partial charge in [0.05, 0.1) is 19.9 Å². The Morgan fingerprint density at radius 3 is 2.62 bits per heavy atom. The Bertz CT molecular complexity index is 759. The van der Waals surface area contributed by atoms with Crippen LogP contribution in [0, 0.1) is 0 Å². The molecule has 0 spiro atoms. The number of carbonyl (C=O) groups is 1. The zero-order valence-corrected chi connectivity index (χ0v) is 13.9. The number of nitrogens with zero attached hydrogens (tertiary/aromatic N) is 2. The molecule has 7 nitrogen and oxygen atoms in total. The molecular weight excluding hydrogens is 308 g/mol. The second-order valence-corrected chi connectivity index (χ2v) is 5.56. The van der Waals surface area contributed by atoms with Gasteiger partial charge in [0.15, 0.2) is 0 Å². The quantitative estimate of drug-likeness (QED) is 0.789. The van der Waals surface area contributed by atoms with Gasteiger partial charge in [0, 0.05) is 30.8 Å². The normalized spacial score (nSPS) is 13.3. The average molecular weight is 328 g/mol. The molecule has 2 aromatic rings. The van der Waals surface area contributed by atoms with E-state index < -0.39 is 5.97 Å². The Hall–Kier alpha value is -2.83. The molecule has 1 aromatic heterocycles. The molecule has 0 saturated heterocycles. The molecule has 0 unspecified atom stereocenters. The van der Waals surface area contributed by atoms with Crippen LogP contribution in [0.25, 0.3) is 0 Å². The number of methoxy groups -OCH3 is 2. The Labute approximate surface area is 140 Å². The third kappa shape index (κ3) is 3.40. The topological polar surface area (TPSA) is 85.4 Å². The summed E-state index contributed by atoms with van der Waals surface area (Å²) in [7, 11) is 4.65. The Balaban J connectivity index is 1.88. The van der Waals surface area contributed by atoms with Gasteiger partial charge in [-0.2, -0.15) is 4.98 Å². The number of hydrogen-bond donors (Lipinski definition) is 2. The van der Waals surface area contributed by atoms with Crippen LogP contribution in [0.5, 0.6) is 5.75 Å². The number of carbonyl (C=O) groups excluding carboxylic acids is 1. The lowest BCUT2D eigenvalue weighted by molar-refractivity contribution is 0.0597. The summed E-state index contributed by atoms with van der Waals surface area (Å²) in [5.41, 5.74) is 2.18. The van der Waals surface area contributed by atoms with Crippen LogP contribution in [0.2, 0.25) is 0 Å². The molecule has 0 radical (unpaired) electrons. The van der Waals surface area contributed by atoms with Gasteiger partial charge in [0.25, 0.3) is 0 Å². The van der Waals surface area contributed by atoms with E-state index in [-0.39, 0.29) is 0 Å². The summed E-state index contributed by atoms with van der Waals surface area (Å²) in [5.74, 6) is 1.81. The molecule has 1 aliphatic carbocycles. The summed E-state index contributed by atoms with van der Waals surface area (Å²) in [6.45, 7) is 0. The second-order valence-electron chi connectivity index (χ2n) is 5.56. The van der Waals surface area contributed by atoms with Crippen molar-refractivity contribution in [2.24, 2.45) is 0 Å². The smallest absolute Gasteiger partial charge is 0.341 e. The van der Waals surface area contributed by atoms with Gasteiger partial charge < -0.3 is 20.1 Å². The first-order valence-electron chi connectivity index (χ1n) is 7.74. The Kier molecular flexibility index (Phi) is 4.50. The minimum atomic E-state index is -0.436. The molecule has 0 aliphatic heterocycles. The fraction of sp³-hybridized carbons (Fsp3) is 0.353. The van der Waals surface area contributed by atoms with Crippen molar-refractivity contribution in [2.45, 2.75) is 18.8 Å². The highest BCUT2D eigenvalue weighted by atomic mass is 16.5. The average Bonchev–Trinajstić information content (AvgIpc) is 3.45. The molecule has 1 heterocycles. The molecule has 2 N–H and O–H groups in total. The largest absolute Gasteiger partial charge is 0.496 e. The van der Waals surface area contributed by atoms with E-state index in [1.807, 2.05) is 6.07 Å². The third-order valence-electron chi connectivity index (χ3n) is 3.84. The highest BCUT2D eigenvalue weighted by Gasteiger charge is 2.26. The van der Waals surface area contributed by atoms with Gasteiger partial charge in [-0.15, -0.1) is 0 Å². The molecule has 0 atom stereocenters. The number of aromatic nitrogens is 2. The van der Waals surface area contributed by atoms with Crippen LogP contribution in [-0.2, 0) is 4.74 Å². The van der Waals surface area contributed by atoms with Crippen LogP contribution in [0.1, 0.15) is 34.8 Å². The van der Waals surface area contributed by atoms with Gasteiger partial charge in [-0.3, -0.25) is 0 Å². The summed E-state index contributed by atoms with van der Waals surface area (Å²) in [4.78, 5) is 20.6. The zero-order chi connectivity index (χ0) is 17.1. The number of esters is 1. The molecule has 0 bridgehead atoms. The Morgan fingerprint density at radius 2 is 2.00 bits per heavy atom. The summed E-state index contributed by atoms with van der Waals surface area (Å²) in [6, 6.07) is 7.14. The minimum Gasteiger partial charge on any atom is -0.496 e. The van der Waals surface area contributed by atoms with Crippen molar-refractivity contribution in [1.82, 2.24) is 9.97 Å². The van der Waals surface area contributed by atoms with Crippen LogP contribution in [0.3, 0.4) is 0 Å². The lowest BCUT2D eigenvalue weighted by Crippen LogP contribution is -2.06. The van der Waals surface area contributed by atoms with E-state index in [1.165, 1.54) is 27.1 Å². The van der Waals surface area contributed by atoms with Gasteiger partial charge in [0.1, 0.15) is 17.1 Å². The van der Waals surface area contributed by atoms with Crippen LogP contribution >= 0.6 is 0 Å². The van der Waals surface area contributed by atoms with Crippen LogP contribution in [0.4, 0.5) is 17.5 Å². The van der Waals surface area contributed by atoms with Crippen molar-refractivity contribution >= 4 is 23.4 Å². The molecule has 3 rings (SSSR count). The van der Waals surface area contributed by atoms with Crippen LogP contribution in [-0.4, -0.2) is 37.2 Å². The van der Waals surface area contributed by atoms with Gasteiger partial charge in [-0.25, -0.2) is 9.78 Å². The van der Waals surface area contributed by atoms with Gasteiger partial charge in [0.2, 0.25) is 5.95 Å². The number of ether oxygens (including phenoxy) is 2. The van der Waals surface area contributed by atoms with Gasteiger partial charge in [-0.1, -0.05) is 0 Å². The zero-order valence-electron chi connectivity index (χ0n) is 13.9. The van der Waals surface area contributed by atoms with Crippen molar-refractivity contribution in [1.29, 1.82) is 0 Å². The molecule has 0 amide bonds. The van der Waals surface area contributed by atoms with E-state index in [0.29, 0.717) is 29.0 Å². The summed E-state index contributed by atoms with van der Waals surface area (Å²) >= 11 is 0. The number of anilines is 3. The summed E-state index contributed by atoms with van der Waals surface area (Å²) in [6.07, 6.45) is 2.34. The lowest BCUT2D eigenvalue weighted by Gasteiger charge is -2.12. The molecule has 1 aromatic carbocycles. The highest BCUT2D eigenvalue weighted by Crippen LogP contribution is 2.40. The number of hydrogen-bond acceptors (Lipinski definition) is 7. The van der Waals surface area contributed by atoms with Crippen molar-refractivity contribution in [3.8, 4) is 5.75 Å². The molecule has 1 fully saturated rings. The Morgan fingerprint density at radius 1 is 1.21 bits per heavy atom. The van der Waals surface area contributed by atoms with Crippen LogP contribution in [0.15, 0.2) is 24.3 Å². The van der Waals surface area contributed by atoms with E-state index in [0.717, 1.165) is 11.4 Å². The molecule has 7 heteroatoms. The third-order valence-corrected chi connectivity index (χ3v) is 3.84. The van der Waals surface area contributed by atoms with E-state index in [2.05, 4.69) is 20.6 Å². The first kappa shape index (κ1) is 16.0. The van der Waals surface area contributed by atoms with E-state index in [4.69, 9.17) is 9.47 Å². The molecule has 1 aliphatic rings. The fourth-order valence-electron chi connectivity index (χ4n) is 2.43. The van der Waals surface area contributed by atoms with Crippen molar-refractivity contribution in [3.05, 3.63) is 35.5 Å². The highest BCUT2D eigenvalue weighted by molar-refractivity contribution is 5.93. The van der Waals surface area contributed by atoms with E-state index >= 15 is 0 Å². The molecular formula is C17H20N4O3. The van der Waals surface area contributed by atoms with Crippen molar-refractivity contribution < 1.29 is 14.3 Å². The number of nitrogens with one attached hydrogen (secondary N) is 2. The number of rotatable bonds is 6. The maximum absolute atomic E-state index is 11.7. The SMILES string of the molecule is CNc1nc(Nc2ccc(C(=O)OC)c(OC)c2)cc(C2CC2)n1. The molecule has 126 valence electrons. The minimum absolute atomic E-state index is 0.378. The predicted octanol–water partition coefficient (Wildman–Crippen LogP) is 2.93. The monoisotopic (exact) mass is 328 g/mol. The second kappa shape index (κ2) is 6.74. The fourth-order valence-corrected chi connectivity index (χ4v) is 2.43. The maximum Gasteiger partial charge on any atom is 0.341 e. The van der Waals surface area contributed by atoms with Crippen molar-refractivity contribution in [3.63, 3.8) is 0 Å². The lowest BCUT2D eigenvalue weighted by atomic mass is 10.1. The van der Waals surface area contributed by atoms with E-state index in [9.17, 15) is 4.79 Å². The van der Waals surface area contributed by atoms with Gasteiger partial charge in [-0.05, 0) is 25.0 Å². The summed E-state index contributed by atoms with van der Waals surface area (Å²) < 4.78 is 10.0. The van der Waals surface area contributed by atoms with E-state index in [1.54, 1.807) is 25.2 Å². The number of benzene rings is 1. The molecule has 24 heavy (non-hydrogen) atoms. The maximum atomic E-state index is 11.7. The first-order chi connectivity index (χ1) is 11.6. The van der Waals surface area contributed by atoms with Gasteiger partial charge >= 0.3 is 5.97 Å². The standard InChI is InChI=1S/C17H20N4O3/c1-18-17-20-13(10-4-5-10)9-15(21-17)19-11-6-7-12(16(22)24-3)14(8-11)23-2/h6-10H,4-5H2,1-3H3,(H2,18,19,20,21). The van der Waals surface area contributed by atoms with Crippen LogP contribution < -0.4 is 15.4 Å². The summed E-state index contributed by atoms with van der Waals surface area (Å²) in [5, 5.41) is 6.22. The molecule has 1 saturated carbocycles.